The summed E-state index contributed by atoms with van der Waals surface area (Å²) in [6, 6.07) is 1.62. The second kappa shape index (κ2) is 7.13. The van der Waals surface area contributed by atoms with Crippen molar-refractivity contribution in [3.8, 4) is 0 Å². The first-order chi connectivity index (χ1) is 12.4. The Morgan fingerprint density at radius 2 is 1.89 bits per heavy atom. The molecule has 0 atom stereocenters. The van der Waals surface area contributed by atoms with E-state index in [1.54, 1.807) is 0 Å². The van der Waals surface area contributed by atoms with Crippen LogP contribution in [0.25, 0.3) is 5.52 Å². The number of aryl methyl sites for hydroxylation is 1. The van der Waals surface area contributed by atoms with Crippen molar-refractivity contribution in [2.24, 2.45) is 5.73 Å². The zero-order valence-corrected chi connectivity index (χ0v) is 15.9. The minimum absolute atomic E-state index is 0. The summed E-state index contributed by atoms with van der Waals surface area (Å²) in [5.41, 5.74) is 7.63. The number of aromatic nitrogens is 1. The number of anilines is 1. The number of aromatic carboxylic acids is 1. The van der Waals surface area contributed by atoms with Crippen LogP contribution in [0.3, 0.4) is 0 Å². The molecule has 4 rings (SSSR count). The smallest absolute Gasteiger partial charge is 0.341 e. The number of nitrogens with zero attached hydrogens (tertiary/aromatic N) is 2. The van der Waals surface area contributed by atoms with Crippen molar-refractivity contribution >= 4 is 29.6 Å². The fraction of sp³-hybridized carbons (Fsp3) is 0.474. The number of hydrogen-bond donors (Lipinski definition) is 2. The number of hydrogen-bond acceptors (Lipinski definition) is 4. The Morgan fingerprint density at radius 3 is 2.44 bits per heavy atom. The third-order valence-electron chi connectivity index (χ3n) is 5.55. The van der Waals surface area contributed by atoms with Crippen molar-refractivity contribution in [3.63, 3.8) is 0 Å². The second-order valence-corrected chi connectivity index (χ2v) is 7.39. The van der Waals surface area contributed by atoms with Crippen LogP contribution in [0, 0.1) is 12.7 Å². The van der Waals surface area contributed by atoms with E-state index in [1.807, 2.05) is 11.8 Å². The molecule has 2 aliphatic rings. The Bertz CT molecular complexity index is 963. The Kier molecular flexibility index (Phi) is 5.18. The molecule has 1 aliphatic heterocycles. The predicted octanol–water partition coefficient (Wildman–Crippen LogP) is 2.67. The van der Waals surface area contributed by atoms with Gasteiger partial charge in [0.25, 0.3) is 5.56 Å². The molecule has 27 heavy (non-hydrogen) atoms. The molecule has 2 aromatic heterocycles. The average Bonchev–Trinajstić information content (AvgIpc) is 3.42. The minimum atomic E-state index is -1.28. The molecule has 146 valence electrons. The van der Waals surface area contributed by atoms with Crippen LogP contribution in [0.4, 0.5) is 10.1 Å². The van der Waals surface area contributed by atoms with Crippen LogP contribution in [0.2, 0.25) is 0 Å². The van der Waals surface area contributed by atoms with E-state index in [0.29, 0.717) is 29.9 Å². The third kappa shape index (κ3) is 3.30. The number of carbonyl (C=O) groups is 1. The minimum Gasteiger partial charge on any atom is -0.477 e. The molecule has 2 fully saturated rings. The lowest BCUT2D eigenvalue weighted by Crippen LogP contribution is -2.40. The lowest BCUT2D eigenvalue weighted by atomic mass is 10.00. The molecular formula is C19H23ClFN3O3. The highest BCUT2D eigenvalue weighted by Crippen LogP contribution is 2.44. The number of piperidine rings is 1. The van der Waals surface area contributed by atoms with Gasteiger partial charge in [-0.15, -0.1) is 12.4 Å². The Morgan fingerprint density at radius 1 is 1.26 bits per heavy atom. The SMILES string of the molecule is Cc1c(N2CCC(N)CC2)c(F)cn2c(=O)c(C(=O)O)cc(C3CC3)c12.Cl. The van der Waals surface area contributed by atoms with E-state index in [-0.39, 0.29) is 29.9 Å². The molecule has 8 heteroatoms. The molecule has 0 bridgehead atoms. The maximum atomic E-state index is 14.9. The summed E-state index contributed by atoms with van der Waals surface area (Å²) in [6.07, 6.45) is 4.65. The summed E-state index contributed by atoms with van der Waals surface area (Å²) in [5.74, 6) is -1.55. The summed E-state index contributed by atoms with van der Waals surface area (Å²) in [7, 11) is 0. The highest BCUT2D eigenvalue weighted by Gasteiger charge is 2.31. The van der Waals surface area contributed by atoms with Crippen molar-refractivity contribution in [1.82, 2.24) is 4.40 Å². The van der Waals surface area contributed by atoms with Crippen LogP contribution in [-0.4, -0.2) is 34.6 Å². The van der Waals surface area contributed by atoms with Gasteiger partial charge in [-0.2, -0.15) is 0 Å². The summed E-state index contributed by atoms with van der Waals surface area (Å²) in [6.45, 7) is 3.16. The van der Waals surface area contributed by atoms with Crippen molar-refractivity contribution < 1.29 is 14.3 Å². The van der Waals surface area contributed by atoms with Gasteiger partial charge in [0, 0.05) is 19.1 Å². The lowest BCUT2D eigenvalue weighted by molar-refractivity contribution is 0.0694. The first-order valence-electron chi connectivity index (χ1n) is 9.00. The standard InChI is InChI=1S/C19H22FN3O3.ClH/c1-10-16-13(11-2-3-11)8-14(19(25)26)18(24)23(16)9-15(20)17(10)22-6-4-12(21)5-7-22;/h8-9,11-12H,2-7,21H2,1H3,(H,25,26);1H. The quantitative estimate of drug-likeness (QED) is 0.834. The van der Waals surface area contributed by atoms with Gasteiger partial charge in [-0.1, -0.05) is 0 Å². The molecule has 1 aliphatic carbocycles. The Labute approximate surface area is 162 Å². The number of carboxylic acid groups (broad SMARTS) is 1. The fourth-order valence-electron chi connectivity index (χ4n) is 4.01. The van der Waals surface area contributed by atoms with Crippen LogP contribution in [0.1, 0.15) is 53.1 Å². The van der Waals surface area contributed by atoms with Gasteiger partial charge in [0.05, 0.1) is 17.4 Å². The molecule has 0 amide bonds. The number of carboxylic acids is 1. The number of rotatable bonds is 3. The van der Waals surface area contributed by atoms with E-state index in [4.69, 9.17) is 5.73 Å². The summed E-state index contributed by atoms with van der Waals surface area (Å²) < 4.78 is 16.1. The number of halogens is 2. The van der Waals surface area contributed by atoms with E-state index in [0.717, 1.165) is 37.4 Å². The van der Waals surface area contributed by atoms with Crippen LogP contribution >= 0.6 is 12.4 Å². The molecule has 0 radical (unpaired) electrons. The van der Waals surface area contributed by atoms with Gasteiger partial charge < -0.3 is 15.7 Å². The molecule has 3 heterocycles. The van der Waals surface area contributed by atoms with Crippen LogP contribution in [0.5, 0.6) is 0 Å². The normalized spacial score (nSPS) is 17.8. The van der Waals surface area contributed by atoms with E-state index < -0.39 is 17.3 Å². The van der Waals surface area contributed by atoms with Crippen LogP contribution < -0.4 is 16.2 Å². The van der Waals surface area contributed by atoms with Gasteiger partial charge >= 0.3 is 5.97 Å². The largest absolute Gasteiger partial charge is 0.477 e. The van der Waals surface area contributed by atoms with E-state index in [2.05, 4.69) is 0 Å². The summed E-state index contributed by atoms with van der Waals surface area (Å²) in [5, 5.41) is 9.35. The van der Waals surface area contributed by atoms with Gasteiger partial charge in [0.1, 0.15) is 5.56 Å². The number of nitrogens with two attached hydrogens (primary N) is 1. The van der Waals surface area contributed by atoms with Crippen LogP contribution in [-0.2, 0) is 0 Å². The van der Waals surface area contributed by atoms with Crippen LogP contribution in [0.15, 0.2) is 17.1 Å². The second-order valence-electron chi connectivity index (χ2n) is 7.39. The monoisotopic (exact) mass is 395 g/mol. The first-order valence-corrected chi connectivity index (χ1v) is 9.00. The molecule has 6 nitrogen and oxygen atoms in total. The molecule has 1 saturated heterocycles. The van der Waals surface area contributed by atoms with Gasteiger partial charge in [-0.3, -0.25) is 9.20 Å². The molecule has 0 unspecified atom stereocenters. The van der Waals surface area contributed by atoms with Gasteiger partial charge in [0.2, 0.25) is 0 Å². The van der Waals surface area contributed by atoms with E-state index >= 15 is 0 Å². The molecule has 1 saturated carbocycles. The molecule has 0 spiro atoms. The van der Waals surface area contributed by atoms with Crippen molar-refractivity contribution in [3.05, 3.63) is 45.1 Å². The highest BCUT2D eigenvalue weighted by atomic mass is 35.5. The van der Waals surface area contributed by atoms with Gasteiger partial charge in [-0.05, 0) is 55.7 Å². The van der Waals surface area contributed by atoms with Gasteiger partial charge in [-0.25, -0.2) is 9.18 Å². The van der Waals surface area contributed by atoms with Crippen molar-refractivity contribution in [2.75, 3.05) is 18.0 Å². The fourth-order valence-corrected chi connectivity index (χ4v) is 4.01. The van der Waals surface area contributed by atoms with E-state index in [9.17, 15) is 19.1 Å². The zero-order chi connectivity index (χ0) is 18.6. The molecular weight excluding hydrogens is 373 g/mol. The maximum absolute atomic E-state index is 14.9. The number of fused-ring (bicyclic) bond motifs is 1. The Balaban J connectivity index is 0.00000210. The maximum Gasteiger partial charge on any atom is 0.341 e. The summed E-state index contributed by atoms with van der Waals surface area (Å²) >= 11 is 0. The molecule has 3 N–H and O–H groups in total. The predicted molar refractivity (Wildman–Crippen MR) is 104 cm³/mol. The van der Waals surface area contributed by atoms with Crippen molar-refractivity contribution in [1.29, 1.82) is 0 Å². The number of pyridine rings is 2. The summed E-state index contributed by atoms with van der Waals surface area (Å²) in [4.78, 5) is 26.0. The third-order valence-corrected chi connectivity index (χ3v) is 5.55. The Hall–Kier alpha value is -2.12. The zero-order valence-electron chi connectivity index (χ0n) is 15.1. The molecule has 2 aromatic rings. The highest BCUT2D eigenvalue weighted by molar-refractivity contribution is 5.89. The van der Waals surface area contributed by atoms with E-state index in [1.165, 1.54) is 10.5 Å². The first kappa shape index (κ1) is 19.6. The topological polar surface area (TPSA) is 88.0 Å². The average molecular weight is 396 g/mol. The van der Waals surface area contributed by atoms with Gasteiger partial charge in [0.15, 0.2) is 5.82 Å². The molecule has 0 aromatic carbocycles. The lowest BCUT2D eigenvalue weighted by Gasteiger charge is -2.33. The van der Waals surface area contributed by atoms with Crippen molar-refractivity contribution in [2.45, 2.75) is 44.6 Å².